The van der Waals surface area contributed by atoms with Crippen LogP contribution in [0, 0.1) is 0 Å². The molecule has 4 nitrogen and oxygen atoms in total. The molecule has 0 bridgehead atoms. The van der Waals surface area contributed by atoms with Crippen LogP contribution in [0.3, 0.4) is 0 Å². The molecule has 3 N–H and O–H groups in total. The fourth-order valence-corrected chi connectivity index (χ4v) is 3.42. The minimum Gasteiger partial charge on any atom is -0.324 e. The van der Waals surface area contributed by atoms with Crippen molar-refractivity contribution >= 4 is 19.9 Å². The van der Waals surface area contributed by atoms with Crippen molar-refractivity contribution < 1.29 is 13.0 Å². The molecular formula is C7H15NO3S2. The Bertz CT molecular complexity index is 257. The molecule has 0 spiro atoms. The molecule has 0 aromatic carbocycles. The lowest BCUT2D eigenvalue weighted by Gasteiger charge is -2.32. The van der Waals surface area contributed by atoms with E-state index < -0.39 is 14.7 Å². The largest absolute Gasteiger partial charge is 0.324 e. The Morgan fingerprint density at radius 2 is 1.85 bits per heavy atom. The number of hydrogen-bond acceptors (Lipinski definition) is 4. The zero-order chi connectivity index (χ0) is 9.95. The van der Waals surface area contributed by atoms with Gasteiger partial charge in [-0.25, -0.2) is 0 Å². The van der Waals surface area contributed by atoms with Crippen LogP contribution in [0.5, 0.6) is 0 Å². The summed E-state index contributed by atoms with van der Waals surface area (Å²) < 4.78 is 29.5. The lowest BCUT2D eigenvalue weighted by atomic mass is 9.84. The third-order valence-corrected chi connectivity index (χ3v) is 4.58. The summed E-state index contributed by atoms with van der Waals surface area (Å²) in [5.41, 5.74) is 5.58. The number of rotatable bonds is 3. The van der Waals surface area contributed by atoms with Crippen molar-refractivity contribution in [1.82, 2.24) is 0 Å². The van der Waals surface area contributed by atoms with Crippen molar-refractivity contribution in [3.8, 4) is 0 Å². The van der Waals surface area contributed by atoms with Crippen LogP contribution in [0.1, 0.15) is 32.1 Å². The van der Waals surface area contributed by atoms with Gasteiger partial charge >= 0.3 is 9.15 Å². The Balaban J connectivity index is 2.42. The average Bonchev–Trinajstić information content (AvgIpc) is 2.02. The van der Waals surface area contributed by atoms with E-state index in [2.05, 4.69) is 0 Å². The van der Waals surface area contributed by atoms with E-state index in [0.29, 0.717) is 16.5 Å². The third-order valence-electron chi connectivity index (χ3n) is 2.34. The molecule has 0 aromatic heterocycles. The first-order valence-corrected chi connectivity index (χ1v) is 7.26. The fourth-order valence-electron chi connectivity index (χ4n) is 1.59. The van der Waals surface area contributed by atoms with Gasteiger partial charge in [0.05, 0.1) is 0 Å². The van der Waals surface area contributed by atoms with E-state index >= 15 is 0 Å². The van der Waals surface area contributed by atoms with Crippen molar-refractivity contribution in [3.63, 3.8) is 0 Å². The van der Waals surface area contributed by atoms with Gasteiger partial charge in [0.25, 0.3) is 0 Å². The van der Waals surface area contributed by atoms with E-state index in [9.17, 15) is 8.42 Å². The molecule has 6 heteroatoms. The maximum atomic E-state index is 10.5. The van der Waals surface area contributed by atoms with E-state index in [4.69, 9.17) is 10.3 Å². The predicted molar refractivity (Wildman–Crippen MR) is 54.0 cm³/mol. The van der Waals surface area contributed by atoms with Gasteiger partial charge in [-0.05, 0) is 23.6 Å². The van der Waals surface area contributed by atoms with Gasteiger partial charge in [0.1, 0.15) is 0 Å². The molecule has 0 amide bonds. The van der Waals surface area contributed by atoms with Crippen molar-refractivity contribution in [1.29, 1.82) is 0 Å². The Morgan fingerprint density at radius 1 is 1.31 bits per heavy atom. The summed E-state index contributed by atoms with van der Waals surface area (Å²) in [6, 6.07) is 0. The SMILES string of the molecule is NC1(CSS(=O)(=O)O)CCCCC1. The van der Waals surface area contributed by atoms with Gasteiger partial charge in [0.2, 0.25) is 0 Å². The first kappa shape index (κ1) is 11.3. The molecular weight excluding hydrogens is 210 g/mol. The maximum Gasteiger partial charge on any atom is 0.319 e. The second kappa shape index (κ2) is 4.16. The molecule has 1 fully saturated rings. The number of hydrogen-bond donors (Lipinski definition) is 2. The zero-order valence-electron chi connectivity index (χ0n) is 7.40. The summed E-state index contributed by atoms with van der Waals surface area (Å²) in [5, 5.41) is 0. The van der Waals surface area contributed by atoms with Gasteiger partial charge in [0.15, 0.2) is 0 Å². The van der Waals surface area contributed by atoms with Crippen molar-refractivity contribution in [2.24, 2.45) is 5.73 Å². The monoisotopic (exact) mass is 225 g/mol. The molecule has 1 aliphatic rings. The zero-order valence-corrected chi connectivity index (χ0v) is 9.03. The molecule has 1 aliphatic carbocycles. The summed E-state index contributed by atoms with van der Waals surface area (Å²) >= 11 is 0. The summed E-state index contributed by atoms with van der Waals surface area (Å²) in [6.07, 6.45) is 5.01. The first-order valence-electron chi connectivity index (χ1n) is 4.32. The molecule has 0 heterocycles. The van der Waals surface area contributed by atoms with Gasteiger partial charge in [-0.3, -0.25) is 4.55 Å². The second-order valence-corrected chi connectivity index (χ2v) is 6.96. The highest BCUT2D eigenvalue weighted by atomic mass is 33.1. The minimum atomic E-state index is -3.92. The van der Waals surface area contributed by atoms with Crippen LogP contribution in [-0.2, 0) is 9.15 Å². The normalized spacial score (nSPS) is 22.9. The summed E-state index contributed by atoms with van der Waals surface area (Å²) in [5.74, 6) is 0.297. The van der Waals surface area contributed by atoms with Gasteiger partial charge in [0, 0.05) is 11.3 Å². The third kappa shape index (κ3) is 4.30. The molecule has 0 aliphatic heterocycles. The Hall–Kier alpha value is 0.220. The van der Waals surface area contributed by atoms with Crippen molar-refractivity contribution in [2.75, 3.05) is 5.75 Å². The molecule has 1 saturated carbocycles. The van der Waals surface area contributed by atoms with E-state index in [0.717, 1.165) is 25.7 Å². The van der Waals surface area contributed by atoms with Crippen LogP contribution < -0.4 is 5.73 Å². The van der Waals surface area contributed by atoms with Crippen LogP contribution in [-0.4, -0.2) is 24.3 Å². The van der Waals surface area contributed by atoms with Crippen LogP contribution in [0.2, 0.25) is 0 Å². The lowest BCUT2D eigenvalue weighted by Crippen LogP contribution is -2.44. The van der Waals surface area contributed by atoms with Crippen LogP contribution >= 0.6 is 10.8 Å². The van der Waals surface area contributed by atoms with Gasteiger partial charge < -0.3 is 5.73 Å². The Kier molecular flexibility index (Phi) is 3.62. The number of nitrogens with two attached hydrogens (primary N) is 1. The van der Waals surface area contributed by atoms with Gasteiger partial charge in [-0.2, -0.15) is 8.42 Å². The Morgan fingerprint density at radius 3 is 2.31 bits per heavy atom. The molecule has 13 heavy (non-hydrogen) atoms. The molecule has 0 aromatic rings. The highest BCUT2D eigenvalue weighted by Crippen LogP contribution is 2.30. The first-order chi connectivity index (χ1) is 5.91. The highest BCUT2D eigenvalue weighted by molar-refractivity contribution is 8.69. The Labute approximate surface area is 82.4 Å². The molecule has 0 atom stereocenters. The smallest absolute Gasteiger partial charge is 0.319 e. The summed E-state index contributed by atoms with van der Waals surface area (Å²) in [7, 11) is -3.38. The van der Waals surface area contributed by atoms with Crippen molar-refractivity contribution in [2.45, 2.75) is 37.6 Å². The van der Waals surface area contributed by atoms with E-state index in [1.54, 1.807) is 0 Å². The van der Waals surface area contributed by atoms with Crippen molar-refractivity contribution in [3.05, 3.63) is 0 Å². The van der Waals surface area contributed by atoms with E-state index in [-0.39, 0.29) is 0 Å². The second-order valence-electron chi connectivity index (χ2n) is 3.61. The average molecular weight is 225 g/mol. The minimum absolute atomic E-state index is 0.297. The standard InChI is InChI=1S/C7H15NO3S2/c8-7(4-2-1-3-5-7)6-12-13(9,10)11/h1-6,8H2,(H,9,10,11). The van der Waals surface area contributed by atoms with Gasteiger partial charge in [-0.1, -0.05) is 19.3 Å². The molecule has 0 unspecified atom stereocenters. The summed E-state index contributed by atoms with van der Waals surface area (Å²) in [4.78, 5) is 0. The predicted octanol–water partition coefficient (Wildman–Crippen LogP) is 1.18. The maximum absolute atomic E-state index is 10.5. The molecule has 78 valence electrons. The quantitative estimate of drug-likeness (QED) is 0.557. The summed E-state index contributed by atoms with van der Waals surface area (Å²) in [6.45, 7) is 0. The molecule has 1 rings (SSSR count). The highest BCUT2D eigenvalue weighted by Gasteiger charge is 2.29. The van der Waals surface area contributed by atoms with Crippen LogP contribution in [0.15, 0.2) is 0 Å². The molecule has 0 saturated heterocycles. The molecule has 0 radical (unpaired) electrons. The van der Waals surface area contributed by atoms with E-state index in [1.807, 2.05) is 0 Å². The fraction of sp³-hybridized carbons (Fsp3) is 1.00. The van der Waals surface area contributed by atoms with Gasteiger partial charge in [-0.15, -0.1) is 0 Å². The lowest BCUT2D eigenvalue weighted by molar-refractivity contribution is 0.328. The van der Waals surface area contributed by atoms with E-state index in [1.165, 1.54) is 6.42 Å². The van der Waals surface area contributed by atoms with Crippen LogP contribution in [0.4, 0.5) is 0 Å². The van der Waals surface area contributed by atoms with Crippen LogP contribution in [0.25, 0.3) is 0 Å². The topological polar surface area (TPSA) is 80.4 Å².